The van der Waals surface area contributed by atoms with Crippen LogP contribution in [0.2, 0.25) is 0 Å². The highest BCUT2D eigenvalue weighted by Gasteiger charge is 2.22. The van der Waals surface area contributed by atoms with Crippen molar-refractivity contribution in [3.05, 3.63) is 132 Å². The Morgan fingerprint density at radius 2 is 0.719 bits per heavy atom. The van der Waals surface area contributed by atoms with Crippen molar-refractivity contribution >= 4 is 23.9 Å². The molecule has 0 N–H and O–H groups in total. The first kappa shape index (κ1) is 45.9. The van der Waals surface area contributed by atoms with Crippen LogP contribution in [0.15, 0.2) is 121 Å². The van der Waals surface area contributed by atoms with Gasteiger partial charge in [-0.25, -0.2) is 9.59 Å². The fraction of sp³-hybridized carbons (Fsp3) is 0.370. The van der Waals surface area contributed by atoms with Crippen LogP contribution in [-0.2, 0) is 19.1 Å². The first-order chi connectivity index (χ1) is 31.3. The van der Waals surface area contributed by atoms with Gasteiger partial charge in [0.1, 0.15) is 23.0 Å². The first-order valence-electron chi connectivity index (χ1n) is 22.9. The van der Waals surface area contributed by atoms with E-state index < -0.39 is 11.9 Å². The monoisotopic (exact) mass is 866 g/mol. The van der Waals surface area contributed by atoms with Gasteiger partial charge in [-0.3, -0.25) is 9.59 Å². The Morgan fingerprint density at radius 3 is 1.08 bits per heavy atom. The van der Waals surface area contributed by atoms with Gasteiger partial charge < -0.3 is 28.4 Å². The number of hydrogen-bond acceptors (Lipinski definition) is 10. The van der Waals surface area contributed by atoms with Crippen LogP contribution in [0.4, 0.5) is 0 Å². The van der Waals surface area contributed by atoms with Crippen molar-refractivity contribution in [1.29, 1.82) is 0 Å². The van der Waals surface area contributed by atoms with E-state index in [-0.39, 0.29) is 23.4 Å². The number of rotatable bonds is 26. The molecule has 0 saturated carbocycles. The van der Waals surface area contributed by atoms with Crippen LogP contribution < -0.4 is 18.9 Å². The van der Waals surface area contributed by atoms with Crippen molar-refractivity contribution in [2.45, 2.75) is 115 Å². The summed E-state index contributed by atoms with van der Waals surface area (Å²) >= 11 is 0. The number of epoxide rings is 2. The molecule has 10 nitrogen and oxygen atoms in total. The van der Waals surface area contributed by atoms with Crippen molar-refractivity contribution in [2.75, 3.05) is 13.2 Å². The maximum Gasteiger partial charge on any atom is 0.343 e. The number of unbranched alkanes of at least 4 members (excludes halogenated alkanes) is 10. The number of carbonyl (C=O) groups excluding carboxylic acids is 4. The summed E-state index contributed by atoms with van der Waals surface area (Å²) in [5, 5.41) is 0. The second-order valence-corrected chi connectivity index (χ2v) is 16.6. The summed E-state index contributed by atoms with van der Waals surface area (Å²) in [5.41, 5.74) is 4.28. The molecular formula is C54H58O10. The molecule has 10 heteroatoms. The van der Waals surface area contributed by atoms with E-state index in [4.69, 9.17) is 28.4 Å². The zero-order chi connectivity index (χ0) is 44.4. The Hall–Kier alpha value is -6.10. The Bertz CT molecular complexity index is 2100. The summed E-state index contributed by atoms with van der Waals surface area (Å²) in [6, 6.07) is 35.0. The number of ether oxygens (including phenoxy) is 6. The average molecular weight is 867 g/mol. The van der Waals surface area contributed by atoms with Gasteiger partial charge in [-0.05, 0) is 109 Å². The summed E-state index contributed by atoms with van der Waals surface area (Å²) in [5.74, 6) is -0.122. The first-order valence-corrected chi connectivity index (χ1v) is 22.9. The van der Waals surface area contributed by atoms with Gasteiger partial charge in [-0.1, -0.05) is 119 Å². The van der Waals surface area contributed by atoms with Crippen LogP contribution in [0.25, 0.3) is 22.3 Å². The van der Waals surface area contributed by atoms with Crippen molar-refractivity contribution in [1.82, 2.24) is 0 Å². The zero-order valence-corrected chi connectivity index (χ0v) is 36.5. The Kier molecular flexibility index (Phi) is 17.3. The molecular weight excluding hydrogens is 809 g/mol. The van der Waals surface area contributed by atoms with E-state index in [0.717, 1.165) is 74.0 Å². The predicted molar refractivity (Wildman–Crippen MR) is 245 cm³/mol. The lowest BCUT2D eigenvalue weighted by Crippen LogP contribution is -2.10. The van der Waals surface area contributed by atoms with Gasteiger partial charge in [0.25, 0.3) is 0 Å². The number of hydrogen-bond donors (Lipinski definition) is 0. The molecule has 0 aliphatic carbocycles. The van der Waals surface area contributed by atoms with Gasteiger partial charge in [0.2, 0.25) is 0 Å². The van der Waals surface area contributed by atoms with Crippen molar-refractivity contribution in [3.8, 4) is 45.3 Å². The van der Waals surface area contributed by atoms with E-state index in [0.29, 0.717) is 47.7 Å². The van der Waals surface area contributed by atoms with Gasteiger partial charge in [0, 0.05) is 18.9 Å². The lowest BCUT2D eigenvalue weighted by atomic mass is 10.0. The van der Waals surface area contributed by atoms with E-state index in [1.807, 2.05) is 48.5 Å². The van der Waals surface area contributed by atoms with Crippen molar-refractivity contribution in [3.63, 3.8) is 0 Å². The quantitative estimate of drug-likeness (QED) is 0.0229. The standard InChI is InChI=1S/C54H58O10/c55-51(18-11-7-3-1-5-9-14-49-37-59-49)61-45-32-28-41(29-33-45)39-20-24-43(25-21-39)53(57)63-47-16-13-17-48(36-47)64-54(58)44-26-22-40(23-27-44)42-30-34-46(35-31-42)62-52(56)19-12-8-4-2-6-10-15-50-38-60-50/h13,16-17,20-36,49-50H,1-12,14-15,18-19,37-38H2. The molecule has 64 heavy (non-hydrogen) atoms. The lowest BCUT2D eigenvalue weighted by molar-refractivity contribution is -0.135. The topological polar surface area (TPSA) is 130 Å². The van der Waals surface area contributed by atoms with E-state index in [9.17, 15) is 19.2 Å². The molecule has 0 bridgehead atoms. The van der Waals surface area contributed by atoms with Crippen molar-refractivity contribution in [2.24, 2.45) is 0 Å². The molecule has 5 aromatic rings. The molecule has 0 spiro atoms. The minimum atomic E-state index is -0.560. The Morgan fingerprint density at radius 1 is 0.391 bits per heavy atom. The maximum atomic E-state index is 13.0. The summed E-state index contributed by atoms with van der Waals surface area (Å²) in [4.78, 5) is 50.8. The van der Waals surface area contributed by atoms with Crippen LogP contribution >= 0.6 is 0 Å². The molecule has 0 radical (unpaired) electrons. The largest absolute Gasteiger partial charge is 0.427 e. The van der Waals surface area contributed by atoms with E-state index in [1.54, 1.807) is 66.7 Å². The van der Waals surface area contributed by atoms with E-state index in [2.05, 4.69) is 0 Å². The highest BCUT2D eigenvalue weighted by atomic mass is 16.6. The summed E-state index contributed by atoms with van der Waals surface area (Å²) < 4.78 is 32.8. The summed E-state index contributed by atoms with van der Waals surface area (Å²) in [6.45, 7) is 1.86. The minimum Gasteiger partial charge on any atom is -0.427 e. The van der Waals surface area contributed by atoms with Crippen LogP contribution in [0.3, 0.4) is 0 Å². The number of esters is 4. The predicted octanol–water partition coefficient (Wildman–Crippen LogP) is 12.3. The van der Waals surface area contributed by atoms with E-state index >= 15 is 0 Å². The Balaban J connectivity index is 0.799. The molecule has 2 fully saturated rings. The molecule has 7 rings (SSSR count). The molecule has 2 aliphatic rings. The van der Waals surface area contributed by atoms with Crippen LogP contribution in [-0.4, -0.2) is 49.3 Å². The summed E-state index contributed by atoms with van der Waals surface area (Å²) in [6.07, 6.45) is 17.4. The molecule has 2 heterocycles. The fourth-order valence-electron chi connectivity index (χ4n) is 7.49. The molecule has 2 aliphatic heterocycles. The molecule has 0 aromatic heterocycles. The van der Waals surface area contributed by atoms with Gasteiger partial charge in [-0.2, -0.15) is 0 Å². The van der Waals surface area contributed by atoms with E-state index in [1.165, 1.54) is 57.4 Å². The number of carbonyl (C=O) groups is 4. The second kappa shape index (κ2) is 24.1. The second-order valence-electron chi connectivity index (χ2n) is 16.6. The molecule has 2 unspecified atom stereocenters. The highest BCUT2D eigenvalue weighted by molar-refractivity contribution is 5.93. The van der Waals surface area contributed by atoms with Gasteiger partial charge >= 0.3 is 23.9 Å². The van der Waals surface area contributed by atoms with Gasteiger partial charge in [0.05, 0.1) is 36.5 Å². The third-order valence-electron chi connectivity index (χ3n) is 11.4. The zero-order valence-electron chi connectivity index (χ0n) is 36.5. The van der Waals surface area contributed by atoms with Gasteiger partial charge in [0.15, 0.2) is 0 Å². The fourth-order valence-corrected chi connectivity index (χ4v) is 7.49. The summed E-state index contributed by atoms with van der Waals surface area (Å²) in [7, 11) is 0. The number of benzene rings is 5. The minimum absolute atomic E-state index is 0.227. The van der Waals surface area contributed by atoms with Crippen LogP contribution in [0.1, 0.15) is 123 Å². The lowest BCUT2D eigenvalue weighted by Gasteiger charge is -2.09. The molecule has 2 saturated heterocycles. The average Bonchev–Trinajstić information content (AvgIpc) is 4.26. The molecule has 0 amide bonds. The van der Waals surface area contributed by atoms with Crippen molar-refractivity contribution < 1.29 is 47.6 Å². The SMILES string of the molecule is O=C(CCCCCCCCC1CO1)Oc1ccc(-c2ccc(C(=O)Oc3cccc(OC(=O)c4ccc(-c5ccc(OC(=O)CCCCCCCCC6CO6)cc5)cc4)c3)cc2)cc1. The normalized spacial score (nSPS) is 14.9. The molecule has 5 aromatic carbocycles. The van der Waals surface area contributed by atoms with Crippen LogP contribution in [0, 0.1) is 0 Å². The smallest absolute Gasteiger partial charge is 0.343 e. The van der Waals surface area contributed by atoms with Gasteiger partial charge in [-0.15, -0.1) is 0 Å². The highest BCUT2D eigenvalue weighted by Crippen LogP contribution is 2.28. The third kappa shape index (κ3) is 15.6. The Labute approximate surface area is 376 Å². The maximum absolute atomic E-state index is 13.0. The molecule has 334 valence electrons. The molecule has 2 atom stereocenters. The van der Waals surface area contributed by atoms with Crippen LogP contribution in [0.5, 0.6) is 23.0 Å². The third-order valence-corrected chi connectivity index (χ3v) is 11.4.